The van der Waals surface area contributed by atoms with Crippen LogP contribution in [0, 0.1) is 0 Å². The Morgan fingerprint density at radius 3 is 2.31 bits per heavy atom. The number of hydrogen-bond donors (Lipinski definition) is 3. The molecular formula is C28H34N4O4. The number of fused-ring (bicyclic) bond motifs is 1. The number of hydrogen-bond acceptors (Lipinski definition) is 5. The standard InChI is InChI=1S/C28H34N4O4/c1-5-22(32-27(35)36-28(2,3)4)25(33)31-24(16-15-19-11-7-6-8-12-19)26(34)30-21-17-20-13-9-10-14-23(20)29-18-21/h6-14,17-18,22,24H,5,15-16H2,1-4H3,(H,30,34)(H,31,33)(H,32,35). The van der Waals surface area contributed by atoms with Crippen LogP contribution >= 0.6 is 0 Å². The second kappa shape index (κ2) is 12.2. The molecule has 3 aromatic rings. The van der Waals surface area contributed by atoms with Crippen molar-refractivity contribution in [2.75, 3.05) is 5.32 Å². The fourth-order valence-electron chi connectivity index (χ4n) is 3.67. The van der Waals surface area contributed by atoms with E-state index in [1.165, 1.54) is 0 Å². The van der Waals surface area contributed by atoms with Crippen LogP contribution in [-0.4, -0.2) is 40.6 Å². The molecule has 0 spiro atoms. The van der Waals surface area contributed by atoms with E-state index < -0.39 is 29.7 Å². The van der Waals surface area contributed by atoms with E-state index in [4.69, 9.17) is 4.74 Å². The van der Waals surface area contributed by atoms with Gasteiger partial charge in [-0.15, -0.1) is 0 Å². The number of nitrogens with one attached hydrogen (secondary N) is 3. The van der Waals surface area contributed by atoms with Crippen molar-refractivity contribution in [1.82, 2.24) is 15.6 Å². The predicted molar refractivity (Wildman–Crippen MR) is 141 cm³/mol. The summed E-state index contributed by atoms with van der Waals surface area (Å²) >= 11 is 0. The maximum absolute atomic E-state index is 13.3. The monoisotopic (exact) mass is 490 g/mol. The molecule has 3 rings (SSSR count). The summed E-state index contributed by atoms with van der Waals surface area (Å²) in [6, 6.07) is 17.5. The topological polar surface area (TPSA) is 109 Å². The first-order valence-corrected chi connectivity index (χ1v) is 12.1. The Bertz CT molecular complexity index is 1190. The molecule has 0 saturated carbocycles. The van der Waals surface area contributed by atoms with E-state index in [9.17, 15) is 14.4 Å². The second-order valence-electron chi connectivity index (χ2n) is 9.60. The number of aryl methyl sites for hydroxylation is 1. The molecule has 1 heterocycles. The summed E-state index contributed by atoms with van der Waals surface area (Å²) in [4.78, 5) is 42.9. The summed E-state index contributed by atoms with van der Waals surface area (Å²) in [5, 5.41) is 9.19. The highest BCUT2D eigenvalue weighted by atomic mass is 16.6. The Morgan fingerprint density at radius 1 is 0.917 bits per heavy atom. The Hall–Kier alpha value is -3.94. The van der Waals surface area contributed by atoms with Crippen molar-refractivity contribution >= 4 is 34.5 Å². The zero-order valence-electron chi connectivity index (χ0n) is 21.2. The third-order valence-corrected chi connectivity index (χ3v) is 5.47. The number of ether oxygens (including phenoxy) is 1. The molecule has 0 aliphatic carbocycles. The van der Waals surface area contributed by atoms with E-state index in [0.717, 1.165) is 16.5 Å². The van der Waals surface area contributed by atoms with Gasteiger partial charge in [-0.3, -0.25) is 14.6 Å². The van der Waals surface area contributed by atoms with Crippen molar-refractivity contribution in [3.63, 3.8) is 0 Å². The van der Waals surface area contributed by atoms with Gasteiger partial charge in [-0.05, 0) is 57.7 Å². The van der Waals surface area contributed by atoms with Gasteiger partial charge in [-0.25, -0.2) is 4.79 Å². The average Bonchev–Trinajstić information content (AvgIpc) is 2.84. The zero-order chi connectivity index (χ0) is 26.1. The van der Waals surface area contributed by atoms with Gasteiger partial charge < -0.3 is 20.7 Å². The van der Waals surface area contributed by atoms with Gasteiger partial charge in [0.05, 0.1) is 17.4 Å². The van der Waals surface area contributed by atoms with Crippen LogP contribution in [0.5, 0.6) is 0 Å². The molecule has 0 saturated heterocycles. The number of nitrogens with zero attached hydrogens (tertiary/aromatic N) is 1. The molecule has 36 heavy (non-hydrogen) atoms. The highest BCUT2D eigenvalue weighted by Gasteiger charge is 2.27. The molecular weight excluding hydrogens is 456 g/mol. The first kappa shape index (κ1) is 26.7. The smallest absolute Gasteiger partial charge is 0.408 e. The summed E-state index contributed by atoms with van der Waals surface area (Å²) < 4.78 is 5.28. The maximum atomic E-state index is 13.3. The molecule has 190 valence electrons. The maximum Gasteiger partial charge on any atom is 0.408 e. The molecule has 0 bridgehead atoms. The first-order chi connectivity index (χ1) is 17.1. The quantitative estimate of drug-likeness (QED) is 0.406. The van der Waals surface area contributed by atoms with Crippen LogP contribution in [0.2, 0.25) is 0 Å². The van der Waals surface area contributed by atoms with Crippen molar-refractivity contribution in [2.24, 2.45) is 0 Å². The lowest BCUT2D eigenvalue weighted by Gasteiger charge is -2.24. The lowest BCUT2D eigenvalue weighted by atomic mass is 10.0. The molecule has 3 N–H and O–H groups in total. The van der Waals surface area contributed by atoms with Crippen LogP contribution < -0.4 is 16.0 Å². The van der Waals surface area contributed by atoms with E-state index in [2.05, 4.69) is 20.9 Å². The Morgan fingerprint density at radius 2 is 1.61 bits per heavy atom. The predicted octanol–water partition coefficient (Wildman–Crippen LogP) is 4.59. The number of rotatable bonds is 9. The van der Waals surface area contributed by atoms with Crippen LogP contribution in [0.3, 0.4) is 0 Å². The number of carbonyl (C=O) groups is 3. The van der Waals surface area contributed by atoms with Gasteiger partial charge in [0.1, 0.15) is 17.7 Å². The van der Waals surface area contributed by atoms with E-state index in [1.54, 1.807) is 33.9 Å². The van der Waals surface area contributed by atoms with Gasteiger partial charge in [-0.2, -0.15) is 0 Å². The number of amides is 3. The van der Waals surface area contributed by atoms with Gasteiger partial charge in [0.25, 0.3) is 0 Å². The van der Waals surface area contributed by atoms with Crippen LogP contribution in [0.1, 0.15) is 46.1 Å². The number of anilines is 1. The van der Waals surface area contributed by atoms with Crippen molar-refractivity contribution in [2.45, 2.75) is 64.6 Å². The van der Waals surface area contributed by atoms with Crippen molar-refractivity contribution in [1.29, 1.82) is 0 Å². The fourth-order valence-corrected chi connectivity index (χ4v) is 3.67. The SMILES string of the molecule is CCC(NC(=O)OC(C)(C)C)C(=O)NC(CCc1ccccc1)C(=O)Nc1cnc2ccccc2c1. The summed E-state index contributed by atoms with van der Waals surface area (Å²) in [6.45, 7) is 7.03. The number of benzene rings is 2. The third kappa shape index (κ3) is 8.08. The fraction of sp³-hybridized carbons (Fsp3) is 0.357. The molecule has 0 fully saturated rings. The minimum absolute atomic E-state index is 0.340. The largest absolute Gasteiger partial charge is 0.444 e. The molecule has 0 aliphatic heterocycles. The number of pyridine rings is 1. The summed E-state index contributed by atoms with van der Waals surface area (Å²) in [5.41, 5.74) is 1.72. The van der Waals surface area contributed by atoms with Crippen LogP contribution in [0.4, 0.5) is 10.5 Å². The highest BCUT2D eigenvalue weighted by molar-refractivity contribution is 5.99. The number of para-hydroxylation sites is 1. The Labute approximate surface area is 211 Å². The lowest BCUT2D eigenvalue weighted by molar-refractivity contribution is -0.128. The van der Waals surface area contributed by atoms with E-state index in [0.29, 0.717) is 24.9 Å². The zero-order valence-corrected chi connectivity index (χ0v) is 21.2. The van der Waals surface area contributed by atoms with E-state index in [-0.39, 0.29) is 5.91 Å². The van der Waals surface area contributed by atoms with Crippen molar-refractivity contribution in [3.8, 4) is 0 Å². The summed E-state index contributed by atoms with van der Waals surface area (Å²) in [6.07, 6.45) is 2.22. The summed E-state index contributed by atoms with van der Waals surface area (Å²) in [7, 11) is 0. The molecule has 8 heteroatoms. The highest BCUT2D eigenvalue weighted by Crippen LogP contribution is 2.17. The minimum Gasteiger partial charge on any atom is -0.444 e. The van der Waals surface area contributed by atoms with Gasteiger partial charge in [0.15, 0.2) is 0 Å². The minimum atomic E-state index is -0.839. The molecule has 2 aromatic carbocycles. The van der Waals surface area contributed by atoms with Gasteiger partial charge in [0.2, 0.25) is 11.8 Å². The van der Waals surface area contributed by atoms with Crippen molar-refractivity contribution < 1.29 is 19.1 Å². The van der Waals surface area contributed by atoms with Gasteiger partial charge in [0, 0.05) is 5.39 Å². The first-order valence-electron chi connectivity index (χ1n) is 12.1. The molecule has 8 nitrogen and oxygen atoms in total. The average molecular weight is 491 g/mol. The third-order valence-electron chi connectivity index (χ3n) is 5.47. The lowest BCUT2D eigenvalue weighted by Crippen LogP contribution is -2.53. The van der Waals surface area contributed by atoms with Gasteiger partial charge in [-0.1, -0.05) is 55.5 Å². The van der Waals surface area contributed by atoms with Crippen LogP contribution in [0.25, 0.3) is 10.9 Å². The summed E-state index contributed by atoms with van der Waals surface area (Å²) in [5.74, 6) is -0.809. The Kier molecular flexibility index (Phi) is 9.00. The van der Waals surface area contributed by atoms with Crippen LogP contribution in [0.15, 0.2) is 66.9 Å². The number of aromatic nitrogens is 1. The van der Waals surface area contributed by atoms with Crippen LogP contribution in [-0.2, 0) is 20.7 Å². The molecule has 2 atom stereocenters. The molecule has 1 aromatic heterocycles. The normalized spacial score (nSPS) is 12.9. The van der Waals surface area contributed by atoms with Crippen molar-refractivity contribution in [3.05, 3.63) is 72.4 Å². The molecule has 0 radical (unpaired) electrons. The van der Waals surface area contributed by atoms with E-state index >= 15 is 0 Å². The Balaban J connectivity index is 1.73. The molecule has 3 amide bonds. The van der Waals surface area contributed by atoms with Gasteiger partial charge >= 0.3 is 6.09 Å². The molecule has 0 aliphatic rings. The number of alkyl carbamates (subject to hydrolysis) is 1. The van der Waals surface area contributed by atoms with E-state index in [1.807, 2.05) is 60.7 Å². The molecule has 2 unspecified atom stereocenters. The number of carbonyl (C=O) groups excluding carboxylic acids is 3. The second-order valence-corrected chi connectivity index (χ2v) is 9.60.